The highest BCUT2D eigenvalue weighted by atomic mass is 32.2. The van der Waals surface area contributed by atoms with Crippen molar-refractivity contribution in [3.8, 4) is 0 Å². The van der Waals surface area contributed by atoms with Crippen LogP contribution in [0.4, 0.5) is 5.69 Å². The number of aryl methyl sites for hydroxylation is 2. The molecule has 1 amide bonds. The number of imidazole rings is 1. The largest absolute Gasteiger partial charge is 0.337 e. The molecule has 0 saturated carbocycles. The number of carbonyl (C=O) groups is 1. The van der Waals surface area contributed by atoms with Crippen LogP contribution in [0.1, 0.15) is 40.8 Å². The van der Waals surface area contributed by atoms with Gasteiger partial charge in [0.15, 0.2) is 10.7 Å². The summed E-state index contributed by atoms with van der Waals surface area (Å²) >= 11 is 0. The van der Waals surface area contributed by atoms with Crippen molar-refractivity contribution < 1.29 is 13.2 Å². The Morgan fingerprint density at radius 1 is 1.19 bits per heavy atom. The number of hydrogen-bond acceptors (Lipinski definition) is 5. The van der Waals surface area contributed by atoms with Crippen LogP contribution in [0.15, 0.2) is 47.6 Å². The fourth-order valence-electron chi connectivity index (χ4n) is 3.79. The molecular formula is C21H26N6O3S. The monoisotopic (exact) mass is 442 g/mol. The number of anilines is 1. The Kier molecular flexibility index (Phi) is 5.67. The molecule has 9 nitrogen and oxygen atoms in total. The fourth-order valence-corrected chi connectivity index (χ4v) is 5.28. The minimum Gasteiger partial charge on any atom is -0.337 e. The molecule has 3 aromatic rings. The first-order valence-electron chi connectivity index (χ1n) is 10.2. The highest BCUT2D eigenvalue weighted by Gasteiger charge is 2.32. The summed E-state index contributed by atoms with van der Waals surface area (Å²) in [6.07, 6.45) is 2.84. The molecule has 1 aromatic carbocycles. The lowest BCUT2D eigenvalue weighted by atomic mass is 9.94. The van der Waals surface area contributed by atoms with Crippen molar-refractivity contribution in [2.45, 2.75) is 30.7 Å². The molecule has 0 bridgehead atoms. The van der Waals surface area contributed by atoms with Gasteiger partial charge in [-0.15, -0.1) is 0 Å². The second-order valence-electron chi connectivity index (χ2n) is 7.82. The first kappa shape index (κ1) is 21.3. The van der Waals surface area contributed by atoms with E-state index in [4.69, 9.17) is 0 Å². The fraction of sp³-hybridized carbons (Fsp3) is 0.381. The van der Waals surface area contributed by atoms with Gasteiger partial charge in [0.25, 0.3) is 15.9 Å². The van der Waals surface area contributed by atoms with Gasteiger partial charge in [0.1, 0.15) is 5.82 Å². The minimum atomic E-state index is -3.60. The summed E-state index contributed by atoms with van der Waals surface area (Å²) in [5, 5.41) is 7.27. The number of nitrogens with one attached hydrogen (secondary N) is 1. The zero-order valence-electron chi connectivity index (χ0n) is 17.8. The molecular weight excluding hydrogens is 416 g/mol. The predicted molar refractivity (Wildman–Crippen MR) is 116 cm³/mol. The van der Waals surface area contributed by atoms with Gasteiger partial charge in [-0.25, -0.2) is 13.4 Å². The van der Waals surface area contributed by atoms with E-state index < -0.39 is 10.0 Å². The van der Waals surface area contributed by atoms with Gasteiger partial charge >= 0.3 is 0 Å². The third-order valence-corrected chi connectivity index (χ3v) is 7.62. The Hall–Kier alpha value is -2.98. The van der Waals surface area contributed by atoms with E-state index in [0.29, 0.717) is 37.4 Å². The lowest BCUT2D eigenvalue weighted by molar-refractivity contribution is 0.0988. The van der Waals surface area contributed by atoms with E-state index >= 15 is 0 Å². The number of rotatable bonds is 5. The molecule has 1 saturated heterocycles. The van der Waals surface area contributed by atoms with E-state index in [1.165, 1.54) is 4.31 Å². The summed E-state index contributed by atoms with van der Waals surface area (Å²) in [5.74, 6) is 0.579. The molecule has 31 heavy (non-hydrogen) atoms. The Bertz CT molecular complexity index is 1160. The van der Waals surface area contributed by atoms with Crippen molar-refractivity contribution in [2.24, 2.45) is 7.05 Å². The number of H-pyrrole nitrogens is 1. The van der Waals surface area contributed by atoms with E-state index in [-0.39, 0.29) is 16.9 Å². The third-order valence-electron chi connectivity index (χ3n) is 5.85. The average Bonchev–Trinajstić information content (AvgIpc) is 3.41. The number of carbonyl (C=O) groups excluding carboxylic acids is 1. The van der Waals surface area contributed by atoms with Gasteiger partial charge < -0.3 is 9.47 Å². The highest BCUT2D eigenvalue weighted by Crippen LogP contribution is 2.30. The molecule has 3 heterocycles. The molecule has 0 radical (unpaired) electrons. The molecule has 4 rings (SSSR count). The summed E-state index contributed by atoms with van der Waals surface area (Å²) in [7, 11) is -0.110. The maximum atomic E-state index is 12.9. The number of amides is 1. The molecule has 1 aliphatic rings. The predicted octanol–water partition coefficient (Wildman–Crippen LogP) is 2.30. The van der Waals surface area contributed by atoms with Crippen molar-refractivity contribution >= 4 is 21.6 Å². The van der Waals surface area contributed by atoms with Crippen LogP contribution in [0.3, 0.4) is 0 Å². The second-order valence-corrected chi connectivity index (χ2v) is 9.71. The van der Waals surface area contributed by atoms with Crippen molar-refractivity contribution in [1.29, 1.82) is 0 Å². The lowest BCUT2D eigenvalue weighted by Crippen LogP contribution is -2.38. The molecule has 1 aliphatic heterocycles. The van der Waals surface area contributed by atoms with Crippen molar-refractivity contribution in [3.63, 3.8) is 0 Å². The molecule has 2 aromatic heterocycles. The number of hydrogen-bond donors (Lipinski definition) is 1. The number of aromatic nitrogens is 4. The van der Waals surface area contributed by atoms with Gasteiger partial charge in [-0.3, -0.25) is 9.89 Å². The average molecular weight is 443 g/mol. The Labute approximate surface area is 181 Å². The van der Waals surface area contributed by atoms with Crippen LogP contribution in [-0.4, -0.2) is 58.5 Å². The van der Waals surface area contributed by atoms with Crippen LogP contribution in [0, 0.1) is 6.92 Å². The van der Waals surface area contributed by atoms with Gasteiger partial charge in [0.2, 0.25) is 0 Å². The Morgan fingerprint density at radius 3 is 2.48 bits per heavy atom. The number of para-hydroxylation sites is 1. The molecule has 1 fully saturated rings. The number of benzene rings is 1. The number of aromatic amines is 1. The van der Waals surface area contributed by atoms with Crippen LogP contribution in [0.5, 0.6) is 0 Å². The molecule has 10 heteroatoms. The molecule has 0 aliphatic carbocycles. The summed E-state index contributed by atoms with van der Waals surface area (Å²) in [5.41, 5.74) is 2.00. The zero-order valence-corrected chi connectivity index (χ0v) is 18.6. The highest BCUT2D eigenvalue weighted by molar-refractivity contribution is 7.89. The third kappa shape index (κ3) is 4.13. The summed E-state index contributed by atoms with van der Waals surface area (Å²) in [4.78, 5) is 18.5. The molecule has 0 spiro atoms. The maximum Gasteiger partial charge on any atom is 0.278 e. The van der Waals surface area contributed by atoms with E-state index in [0.717, 1.165) is 11.4 Å². The van der Waals surface area contributed by atoms with Crippen LogP contribution < -0.4 is 4.90 Å². The smallest absolute Gasteiger partial charge is 0.278 e. The molecule has 1 N–H and O–H groups in total. The van der Waals surface area contributed by atoms with E-state index in [1.807, 2.05) is 30.3 Å². The van der Waals surface area contributed by atoms with Crippen molar-refractivity contribution in [2.75, 3.05) is 25.0 Å². The summed E-state index contributed by atoms with van der Waals surface area (Å²) in [6, 6.07) is 11.2. The van der Waals surface area contributed by atoms with Gasteiger partial charge in [0, 0.05) is 50.7 Å². The first-order chi connectivity index (χ1) is 14.8. The molecule has 164 valence electrons. The summed E-state index contributed by atoms with van der Waals surface area (Å²) in [6.45, 7) is 2.57. The zero-order chi connectivity index (χ0) is 22.2. The van der Waals surface area contributed by atoms with Gasteiger partial charge in [-0.2, -0.15) is 9.40 Å². The van der Waals surface area contributed by atoms with Crippen LogP contribution in [-0.2, 0) is 17.1 Å². The van der Waals surface area contributed by atoms with Crippen LogP contribution in [0.25, 0.3) is 0 Å². The quantitative estimate of drug-likeness (QED) is 0.653. The van der Waals surface area contributed by atoms with Crippen molar-refractivity contribution in [3.05, 3.63) is 59.8 Å². The van der Waals surface area contributed by atoms with Crippen LogP contribution >= 0.6 is 0 Å². The topological polar surface area (TPSA) is 104 Å². The number of sulfonamides is 1. The molecule has 0 atom stereocenters. The van der Waals surface area contributed by atoms with Gasteiger partial charge in [0.05, 0.1) is 0 Å². The van der Waals surface area contributed by atoms with Gasteiger partial charge in [-0.05, 0) is 38.0 Å². The maximum absolute atomic E-state index is 12.9. The van der Waals surface area contributed by atoms with Crippen LogP contribution in [0.2, 0.25) is 0 Å². The lowest BCUT2D eigenvalue weighted by Gasteiger charge is -2.30. The Balaban J connectivity index is 1.42. The normalized spacial score (nSPS) is 15.8. The second kappa shape index (κ2) is 8.27. The number of piperidine rings is 1. The SMILES string of the molecule is Cc1nc(S(=O)(=O)N2CCC(c3cc(C(=O)N(C)c4ccccc4)n[nH]3)CC2)cn1C. The van der Waals surface area contributed by atoms with Gasteiger partial charge in [-0.1, -0.05) is 18.2 Å². The van der Waals surface area contributed by atoms with E-state index in [2.05, 4.69) is 15.2 Å². The molecule has 0 unspecified atom stereocenters. The summed E-state index contributed by atoms with van der Waals surface area (Å²) < 4.78 is 28.9. The number of nitrogens with zero attached hydrogens (tertiary/aromatic N) is 5. The standard InChI is InChI=1S/C21H26N6O3S/c1-15-22-20(14-25(15)2)31(29,30)27-11-9-16(10-12-27)18-13-19(24-23-18)21(28)26(3)17-7-5-4-6-8-17/h4-8,13-14,16H,9-12H2,1-3H3,(H,23,24). The van der Waals surface area contributed by atoms with Crippen molar-refractivity contribution in [1.82, 2.24) is 24.1 Å². The minimum absolute atomic E-state index is 0.0873. The van der Waals surface area contributed by atoms with E-state index in [9.17, 15) is 13.2 Å². The first-order valence-corrected chi connectivity index (χ1v) is 11.6. The van der Waals surface area contributed by atoms with E-state index in [1.54, 1.807) is 42.7 Å². The Morgan fingerprint density at radius 2 is 1.87 bits per heavy atom.